The van der Waals surface area contributed by atoms with Crippen molar-refractivity contribution in [1.29, 1.82) is 0 Å². The summed E-state index contributed by atoms with van der Waals surface area (Å²) in [5.74, 6) is 1.59. The van der Waals surface area contributed by atoms with E-state index >= 15 is 0 Å². The standard InChI is InChI=1S/C20H26N6O/c27-19(26-12-10-25(11-13-26)18-8-4-5-9-21-18)16-14-22-20(23-15-16)24-17-6-2-1-3-7-17/h4-5,8-9,14-15,17H,1-3,6-7,10-13H2,(H,22,23,24). The lowest BCUT2D eigenvalue weighted by atomic mass is 9.96. The number of pyridine rings is 1. The van der Waals surface area contributed by atoms with Gasteiger partial charge >= 0.3 is 0 Å². The van der Waals surface area contributed by atoms with Gasteiger partial charge in [-0.15, -0.1) is 0 Å². The lowest BCUT2D eigenvalue weighted by Gasteiger charge is -2.35. The van der Waals surface area contributed by atoms with Crippen molar-refractivity contribution in [3.63, 3.8) is 0 Å². The van der Waals surface area contributed by atoms with Gasteiger partial charge < -0.3 is 15.1 Å². The molecule has 0 atom stereocenters. The minimum atomic E-state index is -0.000104. The SMILES string of the molecule is O=C(c1cnc(NC2CCCCC2)nc1)N1CCN(c2ccccn2)CC1. The molecule has 1 N–H and O–H groups in total. The van der Waals surface area contributed by atoms with Gasteiger partial charge in [-0.05, 0) is 25.0 Å². The minimum absolute atomic E-state index is 0.000104. The molecule has 2 aliphatic rings. The first-order valence-electron chi connectivity index (χ1n) is 9.83. The lowest BCUT2D eigenvalue weighted by molar-refractivity contribution is 0.0745. The van der Waals surface area contributed by atoms with Crippen LogP contribution in [0.5, 0.6) is 0 Å². The van der Waals surface area contributed by atoms with Crippen molar-refractivity contribution in [1.82, 2.24) is 19.9 Å². The van der Waals surface area contributed by atoms with Crippen LogP contribution >= 0.6 is 0 Å². The Balaban J connectivity index is 1.32. The maximum absolute atomic E-state index is 12.7. The molecule has 0 spiro atoms. The number of hydrogen-bond donors (Lipinski definition) is 1. The van der Waals surface area contributed by atoms with Crippen LogP contribution in [0.1, 0.15) is 42.5 Å². The molecule has 0 bridgehead atoms. The van der Waals surface area contributed by atoms with Crippen LogP contribution in [0.2, 0.25) is 0 Å². The summed E-state index contributed by atoms with van der Waals surface area (Å²) in [6, 6.07) is 6.36. The number of piperazine rings is 1. The van der Waals surface area contributed by atoms with Gasteiger partial charge in [0.1, 0.15) is 5.82 Å². The Morgan fingerprint density at radius 3 is 2.37 bits per heavy atom. The van der Waals surface area contributed by atoms with E-state index < -0.39 is 0 Å². The molecule has 0 aromatic carbocycles. The minimum Gasteiger partial charge on any atom is -0.353 e. The van der Waals surface area contributed by atoms with Gasteiger partial charge in [0, 0.05) is 50.8 Å². The van der Waals surface area contributed by atoms with E-state index in [2.05, 4.69) is 25.2 Å². The van der Waals surface area contributed by atoms with Crippen molar-refractivity contribution in [3.05, 3.63) is 42.4 Å². The second kappa shape index (κ2) is 8.33. The molecule has 2 aromatic heterocycles. The van der Waals surface area contributed by atoms with E-state index in [1.165, 1.54) is 32.1 Å². The smallest absolute Gasteiger partial charge is 0.257 e. The molecule has 142 valence electrons. The monoisotopic (exact) mass is 366 g/mol. The molecule has 1 amide bonds. The largest absolute Gasteiger partial charge is 0.353 e. The van der Waals surface area contributed by atoms with Crippen molar-refractivity contribution in [2.24, 2.45) is 0 Å². The van der Waals surface area contributed by atoms with E-state index in [0.717, 1.165) is 18.9 Å². The highest BCUT2D eigenvalue weighted by molar-refractivity contribution is 5.93. The summed E-state index contributed by atoms with van der Waals surface area (Å²) in [5, 5.41) is 3.39. The molecule has 3 heterocycles. The zero-order valence-electron chi connectivity index (χ0n) is 15.5. The fourth-order valence-electron chi connectivity index (χ4n) is 3.80. The molecule has 2 fully saturated rings. The van der Waals surface area contributed by atoms with E-state index in [-0.39, 0.29) is 5.91 Å². The van der Waals surface area contributed by atoms with Crippen molar-refractivity contribution < 1.29 is 4.79 Å². The Labute approximate surface area is 159 Å². The normalized spacial score (nSPS) is 18.4. The highest BCUT2D eigenvalue weighted by Gasteiger charge is 2.23. The van der Waals surface area contributed by atoms with E-state index in [9.17, 15) is 4.79 Å². The highest BCUT2D eigenvalue weighted by atomic mass is 16.2. The Kier molecular flexibility index (Phi) is 5.46. The topological polar surface area (TPSA) is 74.2 Å². The number of carbonyl (C=O) groups is 1. The van der Waals surface area contributed by atoms with E-state index in [1.807, 2.05) is 23.1 Å². The van der Waals surface area contributed by atoms with Gasteiger partial charge in [-0.2, -0.15) is 0 Å². The van der Waals surface area contributed by atoms with Gasteiger partial charge in [0.25, 0.3) is 5.91 Å². The number of amides is 1. The summed E-state index contributed by atoms with van der Waals surface area (Å²) in [6.45, 7) is 2.92. The Morgan fingerprint density at radius 1 is 0.963 bits per heavy atom. The molecule has 0 unspecified atom stereocenters. The van der Waals surface area contributed by atoms with Crippen LogP contribution in [-0.2, 0) is 0 Å². The first-order valence-corrected chi connectivity index (χ1v) is 9.83. The lowest BCUT2D eigenvalue weighted by Crippen LogP contribution is -2.49. The molecule has 0 radical (unpaired) electrons. The van der Waals surface area contributed by atoms with Crippen LogP contribution in [-0.4, -0.2) is 58.0 Å². The van der Waals surface area contributed by atoms with Crippen molar-refractivity contribution in [2.75, 3.05) is 36.4 Å². The number of hydrogen-bond acceptors (Lipinski definition) is 6. The molecule has 1 saturated heterocycles. The molecule has 1 saturated carbocycles. The Morgan fingerprint density at radius 2 is 1.70 bits per heavy atom. The average Bonchev–Trinajstić information content (AvgIpc) is 2.75. The van der Waals surface area contributed by atoms with E-state index in [4.69, 9.17) is 0 Å². The third kappa shape index (κ3) is 4.35. The molecule has 1 aliphatic heterocycles. The van der Waals surface area contributed by atoms with Crippen LogP contribution in [0.15, 0.2) is 36.8 Å². The van der Waals surface area contributed by atoms with Gasteiger partial charge in [0.15, 0.2) is 0 Å². The predicted octanol–water partition coefficient (Wildman–Crippen LogP) is 2.58. The summed E-state index contributed by atoms with van der Waals surface area (Å²) in [7, 11) is 0. The molecule has 27 heavy (non-hydrogen) atoms. The zero-order chi connectivity index (χ0) is 18.5. The van der Waals surface area contributed by atoms with Crippen LogP contribution in [0.25, 0.3) is 0 Å². The van der Waals surface area contributed by atoms with Crippen LogP contribution < -0.4 is 10.2 Å². The number of nitrogens with zero attached hydrogens (tertiary/aromatic N) is 5. The zero-order valence-corrected chi connectivity index (χ0v) is 15.5. The maximum Gasteiger partial charge on any atom is 0.257 e. The molecule has 7 heteroatoms. The number of carbonyl (C=O) groups excluding carboxylic acids is 1. The number of nitrogens with one attached hydrogen (secondary N) is 1. The fraction of sp³-hybridized carbons (Fsp3) is 0.500. The Hall–Kier alpha value is -2.70. The van der Waals surface area contributed by atoms with Crippen LogP contribution in [0.3, 0.4) is 0 Å². The summed E-state index contributed by atoms with van der Waals surface area (Å²) in [5.41, 5.74) is 0.551. The number of rotatable bonds is 4. The highest BCUT2D eigenvalue weighted by Crippen LogP contribution is 2.20. The van der Waals surface area contributed by atoms with Gasteiger partial charge in [-0.1, -0.05) is 25.3 Å². The summed E-state index contributed by atoms with van der Waals surface area (Å²) >= 11 is 0. The molecule has 7 nitrogen and oxygen atoms in total. The van der Waals surface area contributed by atoms with Crippen LogP contribution in [0.4, 0.5) is 11.8 Å². The first-order chi connectivity index (χ1) is 13.3. The second-order valence-corrected chi connectivity index (χ2v) is 7.24. The van der Waals surface area contributed by atoms with Crippen molar-refractivity contribution in [3.8, 4) is 0 Å². The van der Waals surface area contributed by atoms with E-state index in [0.29, 0.717) is 30.6 Å². The quantitative estimate of drug-likeness (QED) is 0.896. The van der Waals surface area contributed by atoms with Crippen molar-refractivity contribution >= 4 is 17.7 Å². The second-order valence-electron chi connectivity index (χ2n) is 7.24. The molecular formula is C20H26N6O. The summed E-state index contributed by atoms with van der Waals surface area (Å²) < 4.78 is 0. The van der Waals surface area contributed by atoms with Crippen molar-refractivity contribution in [2.45, 2.75) is 38.1 Å². The fourth-order valence-corrected chi connectivity index (χ4v) is 3.80. The van der Waals surface area contributed by atoms with Gasteiger partial charge in [0.2, 0.25) is 5.95 Å². The number of anilines is 2. The molecule has 1 aliphatic carbocycles. The van der Waals surface area contributed by atoms with E-state index in [1.54, 1.807) is 18.6 Å². The van der Waals surface area contributed by atoms with Gasteiger partial charge in [-0.3, -0.25) is 4.79 Å². The predicted molar refractivity (Wildman–Crippen MR) is 105 cm³/mol. The van der Waals surface area contributed by atoms with Gasteiger partial charge in [0.05, 0.1) is 5.56 Å². The Bertz CT molecular complexity index is 737. The van der Waals surface area contributed by atoms with Gasteiger partial charge in [-0.25, -0.2) is 15.0 Å². The maximum atomic E-state index is 12.7. The molecular weight excluding hydrogens is 340 g/mol. The number of aromatic nitrogens is 3. The molecule has 4 rings (SSSR count). The third-order valence-electron chi connectivity index (χ3n) is 5.38. The third-order valence-corrected chi connectivity index (χ3v) is 5.38. The molecule has 2 aromatic rings. The average molecular weight is 366 g/mol. The summed E-state index contributed by atoms with van der Waals surface area (Å²) in [4.78, 5) is 29.9. The van der Waals surface area contributed by atoms with Crippen LogP contribution in [0, 0.1) is 0 Å². The first kappa shape index (κ1) is 17.7. The summed E-state index contributed by atoms with van der Waals surface area (Å²) in [6.07, 6.45) is 11.3.